The zero-order valence-electron chi connectivity index (χ0n) is 18.4. The lowest BCUT2D eigenvalue weighted by Crippen LogP contribution is -2.41. The lowest BCUT2D eigenvalue weighted by atomic mass is 10.2. The summed E-state index contributed by atoms with van der Waals surface area (Å²) >= 11 is 0. The Balaban J connectivity index is 1.62. The summed E-state index contributed by atoms with van der Waals surface area (Å²) in [5.74, 6) is -1.20. The normalized spacial score (nSPS) is 11.8. The largest absolute Gasteiger partial charge is 0.326 e. The summed E-state index contributed by atoms with van der Waals surface area (Å²) in [5, 5.41) is 7.89. The second kappa shape index (κ2) is 10.7. The van der Waals surface area contributed by atoms with E-state index in [1.165, 1.54) is 50.5 Å². The van der Waals surface area contributed by atoms with Gasteiger partial charge in [0.05, 0.1) is 10.9 Å². The zero-order valence-corrected chi connectivity index (χ0v) is 19.2. The van der Waals surface area contributed by atoms with Crippen LogP contribution in [0.25, 0.3) is 0 Å². The molecule has 176 valence electrons. The van der Waals surface area contributed by atoms with Crippen LogP contribution in [-0.2, 0) is 19.6 Å². The molecule has 0 radical (unpaired) electrons. The Labute approximate surface area is 196 Å². The van der Waals surface area contributed by atoms with Crippen molar-refractivity contribution in [2.45, 2.75) is 24.8 Å². The van der Waals surface area contributed by atoms with E-state index in [9.17, 15) is 22.8 Å². The number of hydrogen-bond donors (Lipinski definition) is 4. The number of hydrogen-bond acceptors (Lipinski definition) is 6. The SMILES string of the molecule is CC(=O)Nc1ccc(S(=O)(=O)N[C@@H](C)C(=O)Nc2cccc(NC(=O)c3ccncc3)c2)cc1. The van der Waals surface area contributed by atoms with E-state index in [4.69, 9.17) is 0 Å². The first kappa shape index (κ1) is 24.6. The molecule has 10 nitrogen and oxygen atoms in total. The number of carbonyl (C=O) groups is 3. The third-order valence-electron chi connectivity index (χ3n) is 4.54. The third-order valence-corrected chi connectivity index (χ3v) is 6.10. The molecule has 0 bridgehead atoms. The van der Waals surface area contributed by atoms with E-state index in [1.807, 2.05) is 0 Å². The van der Waals surface area contributed by atoms with Crippen LogP contribution in [0, 0.1) is 0 Å². The van der Waals surface area contributed by atoms with Crippen LogP contribution in [0.1, 0.15) is 24.2 Å². The Kier molecular flexibility index (Phi) is 7.71. The van der Waals surface area contributed by atoms with Crippen molar-refractivity contribution < 1.29 is 22.8 Å². The molecule has 3 amide bonds. The number of anilines is 3. The van der Waals surface area contributed by atoms with Gasteiger partial charge in [-0.3, -0.25) is 19.4 Å². The van der Waals surface area contributed by atoms with Gasteiger partial charge < -0.3 is 16.0 Å². The molecule has 0 fully saturated rings. The highest BCUT2D eigenvalue weighted by Crippen LogP contribution is 2.17. The molecule has 0 aliphatic carbocycles. The van der Waals surface area contributed by atoms with E-state index < -0.39 is 22.0 Å². The van der Waals surface area contributed by atoms with Crippen molar-refractivity contribution in [3.05, 3.63) is 78.6 Å². The Morgan fingerprint density at radius 2 is 1.44 bits per heavy atom. The standard InChI is InChI=1S/C23H23N5O5S/c1-15(28-34(32,33)21-8-6-18(7-9-21)25-16(2)29)22(30)26-19-4-3-5-20(14-19)27-23(31)17-10-12-24-13-11-17/h3-15,28H,1-2H3,(H,25,29)(H,26,30)(H,27,31)/t15-/m0/s1. The van der Waals surface area contributed by atoms with Crippen molar-refractivity contribution in [1.29, 1.82) is 0 Å². The number of carbonyl (C=O) groups excluding carboxylic acids is 3. The van der Waals surface area contributed by atoms with Crippen molar-refractivity contribution >= 4 is 44.8 Å². The van der Waals surface area contributed by atoms with Crippen LogP contribution < -0.4 is 20.7 Å². The first-order valence-electron chi connectivity index (χ1n) is 10.2. The smallest absolute Gasteiger partial charge is 0.255 e. The van der Waals surface area contributed by atoms with Gasteiger partial charge in [0.2, 0.25) is 21.8 Å². The van der Waals surface area contributed by atoms with Gasteiger partial charge in [0.15, 0.2) is 0 Å². The van der Waals surface area contributed by atoms with Gasteiger partial charge in [-0.25, -0.2) is 8.42 Å². The molecule has 0 unspecified atom stereocenters. The van der Waals surface area contributed by atoms with E-state index in [1.54, 1.807) is 36.4 Å². The first-order valence-corrected chi connectivity index (χ1v) is 11.6. The van der Waals surface area contributed by atoms with Gasteiger partial charge in [0.25, 0.3) is 5.91 Å². The number of nitrogens with one attached hydrogen (secondary N) is 4. The minimum atomic E-state index is -3.98. The van der Waals surface area contributed by atoms with Gasteiger partial charge in [-0.15, -0.1) is 0 Å². The molecule has 1 heterocycles. The van der Waals surface area contributed by atoms with Crippen LogP contribution in [0.4, 0.5) is 17.1 Å². The molecule has 3 aromatic rings. The van der Waals surface area contributed by atoms with Crippen LogP contribution in [0.5, 0.6) is 0 Å². The zero-order chi connectivity index (χ0) is 24.7. The van der Waals surface area contributed by atoms with E-state index in [0.717, 1.165) is 0 Å². The summed E-state index contributed by atoms with van der Waals surface area (Å²) in [4.78, 5) is 39.8. The molecule has 4 N–H and O–H groups in total. The van der Waals surface area contributed by atoms with Gasteiger partial charge in [-0.05, 0) is 61.5 Å². The lowest BCUT2D eigenvalue weighted by molar-refractivity contribution is -0.117. The summed E-state index contributed by atoms with van der Waals surface area (Å²) < 4.78 is 27.5. The summed E-state index contributed by atoms with van der Waals surface area (Å²) in [6.45, 7) is 2.75. The quantitative estimate of drug-likeness (QED) is 0.389. The highest BCUT2D eigenvalue weighted by atomic mass is 32.2. The second-order valence-corrected chi connectivity index (χ2v) is 9.02. The number of pyridine rings is 1. The highest BCUT2D eigenvalue weighted by molar-refractivity contribution is 7.89. The Bertz CT molecular complexity index is 1290. The highest BCUT2D eigenvalue weighted by Gasteiger charge is 2.22. The number of benzene rings is 2. The molecule has 0 aliphatic rings. The third kappa shape index (κ3) is 6.70. The fourth-order valence-corrected chi connectivity index (χ4v) is 4.11. The van der Waals surface area contributed by atoms with Crippen molar-refractivity contribution in [1.82, 2.24) is 9.71 Å². The van der Waals surface area contributed by atoms with E-state index in [0.29, 0.717) is 22.6 Å². The molecule has 0 aliphatic heterocycles. The molecular weight excluding hydrogens is 458 g/mol. The van der Waals surface area contributed by atoms with Gasteiger partial charge in [0, 0.05) is 41.9 Å². The van der Waals surface area contributed by atoms with E-state index >= 15 is 0 Å². The minimum absolute atomic E-state index is 0.0536. The van der Waals surface area contributed by atoms with Gasteiger partial charge in [-0.1, -0.05) is 6.07 Å². The lowest BCUT2D eigenvalue weighted by Gasteiger charge is -2.15. The topological polar surface area (TPSA) is 146 Å². The number of rotatable bonds is 8. The maximum atomic E-state index is 12.6. The summed E-state index contributed by atoms with van der Waals surface area (Å²) in [6.07, 6.45) is 3.01. The second-order valence-electron chi connectivity index (χ2n) is 7.31. The maximum Gasteiger partial charge on any atom is 0.255 e. The molecule has 34 heavy (non-hydrogen) atoms. The number of sulfonamides is 1. The molecule has 1 aromatic heterocycles. The molecule has 1 atom stereocenters. The predicted octanol–water partition coefficient (Wildman–Crippen LogP) is 2.60. The summed E-state index contributed by atoms with van der Waals surface area (Å²) in [7, 11) is -3.98. The summed E-state index contributed by atoms with van der Waals surface area (Å²) in [6, 6.07) is 14.1. The van der Waals surface area contributed by atoms with Crippen molar-refractivity contribution in [2.24, 2.45) is 0 Å². The van der Waals surface area contributed by atoms with Crippen LogP contribution in [0.2, 0.25) is 0 Å². The molecular formula is C23H23N5O5S. The molecule has 11 heteroatoms. The van der Waals surface area contributed by atoms with Crippen LogP contribution in [0.3, 0.4) is 0 Å². The predicted molar refractivity (Wildman–Crippen MR) is 128 cm³/mol. The average molecular weight is 482 g/mol. The number of amides is 3. The molecule has 2 aromatic carbocycles. The molecule has 0 saturated heterocycles. The molecule has 0 saturated carbocycles. The Morgan fingerprint density at radius 3 is 2.06 bits per heavy atom. The van der Waals surface area contributed by atoms with Crippen LogP contribution in [0.15, 0.2) is 78.0 Å². The average Bonchev–Trinajstić information content (AvgIpc) is 2.79. The molecule has 3 rings (SSSR count). The minimum Gasteiger partial charge on any atom is -0.326 e. The van der Waals surface area contributed by atoms with Crippen LogP contribution in [-0.4, -0.2) is 37.2 Å². The summed E-state index contributed by atoms with van der Waals surface area (Å²) in [5.41, 5.74) is 1.71. The number of aromatic nitrogens is 1. The van der Waals surface area contributed by atoms with Crippen molar-refractivity contribution in [2.75, 3.05) is 16.0 Å². The van der Waals surface area contributed by atoms with Gasteiger partial charge >= 0.3 is 0 Å². The van der Waals surface area contributed by atoms with Crippen molar-refractivity contribution in [3.63, 3.8) is 0 Å². The van der Waals surface area contributed by atoms with Gasteiger partial charge in [-0.2, -0.15) is 4.72 Å². The van der Waals surface area contributed by atoms with Crippen LogP contribution >= 0.6 is 0 Å². The van der Waals surface area contributed by atoms with Crippen molar-refractivity contribution in [3.8, 4) is 0 Å². The first-order chi connectivity index (χ1) is 16.1. The Morgan fingerprint density at radius 1 is 0.824 bits per heavy atom. The molecule has 0 spiro atoms. The fraction of sp³-hybridized carbons (Fsp3) is 0.130. The van der Waals surface area contributed by atoms with E-state index in [-0.39, 0.29) is 16.7 Å². The number of nitrogens with zero attached hydrogens (tertiary/aromatic N) is 1. The Hall–Kier alpha value is -4.09. The maximum absolute atomic E-state index is 12.6. The fourth-order valence-electron chi connectivity index (χ4n) is 2.91. The van der Waals surface area contributed by atoms with E-state index in [2.05, 4.69) is 25.7 Å². The van der Waals surface area contributed by atoms with Gasteiger partial charge in [0.1, 0.15) is 0 Å². The monoisotopic (exact) mass is 481 g/mol.